The second-order valence-electron chi connectivity index (χ2n) is 15.2. The van der Waals surface area contributed by atoms with Gasteiger partial charge in [0.05, 0.1) is 0 Å². The van der Waals surface area contributed by atoms with E-state index < -0.39 is 0 Å². The van der Waals surface area contributed by atoms with Gasteiger partial charge in [-0.25, -0.2) is 0 Å². The van der Waals surface area contributed by atoms with Gasteiger partial charge in [0.15, 0.2) is 0 Å². The van der Waals surface area contributed by atoms with E-state index in [9.17, 15) is 0 Å². The zero-order valence-electron chi connectivity index (χ0n) is 28.9. The van der Waals surface area contributed by atoms with E-state index in [1.54, 1.807) is 27.6 Å². The van der Waals surface area contributed by atoms with Crippen LogP contribution in [0.4, 0.5) is 0 Å². The van der Waals surface area contributed by atoms with Crippen molar-refractivity contribution >= 4 is 43.4 Å². The quantitative estimate of drug-likeness (QED) is 0.137. The third kappa shape index (κ3) is 7.05. The normalized spacial score (nSPS) is 18.9. The smallest absolute Gasteiger partial charge is 0.00537 e. The maximum atomic E-state index is 2.57. The Morgan fingerprint density at radius 3 is 1.60 bits per heavy atom. The van der Waals surface area contributed by atoms with Gasteiger partial charge in [-0.1, -0.05) is 171 Å². The summed E-state index contributed by atoms with van der Waals surface area (Å²) >= 11 is 0. The molecule has 3 fully saturated rings. The summed E-state index contributed by atoms with van der Waals surface area (Å²) in [4.78, 5) is 0. The van der Waals surface area contributed by atoms with Gasteiger partial charge in [-0.05, 0) is 123 Å². The monoisotopic (exact) mass is 668 g/mol. The van der Waals surface area contributed by atoms with Crippen LogP contribution >= 0.6 is 16.5 Å². The minimum absolute atomic E-state index is 0.0423. The molecule has 0 aliphatic heterocycles. The fourth-order valence-electron chi connectivity index (χ4n) is 9.70. The van der Waals surface area contributed by atoms with Crippen LogP contribution in [0.1, 0.15) is 119 Å². The van der Waals surface area contributed by atoms with Gasteiger partial charge in [0.25, 0.3) is 0 Å². The first-order valence-electron chi connectivity index (χ1n) is 19.4. The molecule has 1 unspecified atom stereocenters. The lowest BCUT2D eigenvalue weighted by Gasteiger charge is -2.39. The van der Waals surface area contributed by atoms with Crippen LogP contribution in [0.5, 0.6) is 0 Å². The Morgan fingerprint density at radius 2 is 0.979 bits per heavy atom. The van der Waals surface area contributed by atoms with Crippen molar-refractivity contribution in [3.63, 3.8) is 0 Å². The molecule has 3 aliphatic carbocycles. The van der Waals surface area contributed by atoms with Gasteiger partial charge < -0.3 is 0 Å². The van der Waals surface area contributed by atoms with Gasteiger partial charge in [-0.2, -0.15) is 0 Å². The first-order valence-corrected chi connectivity index (χ1v) is 22.3. The fourth-order valence-corrected chi connectivity index (χ4v) is 14.9. The van der Waals surface area contributed by atoms with Gasteiger partial charge >= 0.3 is 0 Å². The molecule has 5 aromatic rings. The lowest BCUT2D eigenvalue weighted by atomic mass is 9.84. The van der Waals surface area contributed by atoms with Crippen LogP contribution < -0.4 is 5.30 Å². The summed E-state index contributed by atoms with van der Waals surface area (Å²) in [5, 5.41) is 7.28. The molecular weight excluding hydrogens is 614 g/mol. The van der Waals surface area contributed by atoms with Crippen LogP contribution in [0.3, 0.4) is 0 Å². The van der Waals surface area contributed by atoms with E-state index in [2.05, 4.69) is 97.1 Å². The number of fused-ring (bicyclic) bond motifs is 2. The Balaban J connectivity index is 1.24. The first-order chi connectivity index (χ1) is 23.8. The van der Waals surface area contributed by atoms with Crippen LogP contribution in [0.25, 0.3) is 32.7 Å². The Labute approximate surface area is 293 Å². The van der Waals surface area contributed by atoms with Gasteiger partial charge in [-0.3, -0.25) is 0 Å². The van der Waals surface area contributed by atoms with Gasteiger partial charge in [0.2, 0.25) is 0 Å². The lowest BCUT2D eigenvalue weighted by Crippen LogP contribution is -2.21. The second kappa shape index (κ2) is 15.6. The number of hydrogen-bond acceptors (Lipinski definition) is 0. The number of hydrogen-bond donors (Lipinski definition) is 0. The van der Waals surface area contributed by atoms with Crippen LogP contribution in [-0.2, 0) is 12.3 Å². The molecule has 248 valence electrons. The molecule has 0 amide bonds. The molecular formula is C46H54P2. The number of rotatable bonds is 9. The molecule has 1 atom stereocenters. The van der Waals surface area contributed by atoms with Crippen molar-refractivity contribution < 1.29 is 0 Å². The highest BCUT2D eigenvalue weighted by Crippen LogP contribution is 2.59. The van der Waals surface area contributed by atoms with E-state index in [0.29, 0.717) is 0 Å². The van der Waals surface area contributed by atoms with Crippen LogP contribution in [-0.4, -0.2) is 11.3 Å². The average molecular weight is 669 g/mol. The zero-order chi connectivity index (χ0) is 32.1. The summed E-state index contributed by atoms with van der Waals surface area (Å²) in [6, 6.07) is 38.0. The molecule has 2 heteroatoms. The van der Waals surface area contributed by atoms with Crippen molar-refractivity contribution in [3.05, 3.63) is 114 Å². The van der Waals surface area contributed by atoms with E-state index in [-0.39, 0.29) is 7.92 Å². The predicted molar refractivity (Wildman–Crippen MR) is 215 cm³/mol. The topological polar surface area (TPSA) is 0 Å². The van der Waals surface area contributed by atoms with E-state index >= 15 is 0 Å². The van der Waals surface area contributed by atoms with Crippen molar-refractivity contribution in [1.29, 1.82) is 0 Å². The molecule has 0 radical (unpaired) electrons. The fraction of sp³-hybridized carbons (Fsp3) is 0.435. The summed E-state index contributed by atoms with van der Waals surface area (Å²) in [6.07, 6.45) is 24.0. The Bertz CT molecular complexity index is 1800. The second-order valence-corrected chi connectivity index (χ2v) is 19.2. The molecule has 0 saturated heterocycles. The minimum atomic E-state index is -0.0423. The molecule has 48 heavy (non-hydrogen) atoms. The maximum Gasteiger partial charge on any atom is -0.00537 e. The molecule has 0 nitrogen and oxygen atoms in total. The first kappa shape index (κ1) is 32.7. The van der Waals surface area contributed by atoms with Gasteiger partial charge in [-0.15, -0.1) is 0 Å². The minimum Gasteiger partial charge on any atom is -0.0958 e. The highest BCUT2D eigenvalue weighted by atomic mass is 31.1. The number of benzene rings is 5. The van der Waals surface area contributed by atoms with Crippen molar-refractivity contribution in [2.24, 2.45) is 0 Å². The van der Waals surface area contributed by atoms with Crippen LogP contribution in [0.2, 0.25) is 0 Å². The van der Waals surface area contributed by atoms with Crippen molar-refractivity contribution in [2.45, 2.75) is 126 Å². The van der Waals surface area contributed by atoms with Crippen molar-refractivity contribution in [3.8, 4) is 11.1 Å². The van der Waals surface area contributed by atoms with Gasteiger partial charge in [0.1, 0.15) is 0 Å². The summed E-state index contributed by atoms with van der Waals surface area (Å²) in [5.41, 5.74) is 9.84. The van der Waals surface area contributed by atoms with Crippen molar-refractivity contribution in [2.75, 3.05) is 0 Å². The van der Waals surface area contributed by atoms with Crippen LogP contribution in [0, 0.1) is 0 Å². The summed E-state index contributed by atoms with van der Waals surface area (Å²) in [6.45, 7) is 0. The van der Waals surface area contributed by atoms with E-state index in [1.807, 2.05) is 0 Å². The molecule has 3 aliphatic rings. The third-order valence-corrected chi connectivity index (χ3v) is 17.2. The van der Waals surface area contributed by atoms with Crippen LogP contribution in [0.15, 0.2) is 97.1 Å². The SMILES string of the molecule is c1ccc(C2CCCCC2)c(PCc2ccc3ccccc3c2-c2c(CP(C3CCCCC3)C3CCCCC3)ccc3ccccc23)c1. The molecule has 8 rings (SSSR count). The van der Waals surface area contributed by atoms with E-state index in [1.165, 1.54) is 130 Å². The van der Waals surface area contributed by atoms with E-state index in [0.717, 1.165) is 32.0 Å². The Morgan fingerprint density at radius 1 is 0.479 bits per heavy atom. The molecule has 0 spiro atoms. The van der Waals surface area contributed by atoms with E-state index in [4.69, 9.17) is 0 Å². The molecule has 3 saturated carbocycles. The predicted octanol–water partition coefficient (Wildman–Crippen LogP) is 13.9. The van der Waals surface area contributed by atoms with Crippen molar-refractivity contribution in [1.82, 2.24) is 0 Å². The summed E-state index contributed by atoms with van der Waals surface area (Å²) in [5.74, 6) is 0.752. The average Bonchev–Trinajstić information content (AvgIpc) is 3.17. The highest BCUT2D eigenvalue weighted by Gasteiger charge is 2.32. The standard InChI is InChI=1S/C46H54P2/c1-4-16-34(17-5-1)41-24-14-15-27-44(41)47-32-37-30-28-35-18-10-12-25-42(35)45(37)46-38(31-29-36-19-11-13-26-43(36)46)33-48(39-20-6-2-7-21-39)40-22-8-3-9-23-40/h10-15,18-19,24-31,34,39-40,47H,1-9,16-17,20-23,32-33H2. The third-order valence-electron chi connectivity index (χ3n) is 12.2. The maximum absolute atomic E-state index is 2.57. The molecule has 0 bridgehead atoms. The molecule has 0 N–H and O–H groups in total. The Kier molecular flexibility index (Phi) is 10.6. The summed E-state index contributed by atoms with van der Waals surface area (Å²) in [7, 11) is 0.756. The molecule has 5 aromatic carbocycles. The largest absolute Gasteiger partial charge is 0.0958 e. The summed E-state index contributed by atoms with van der Waals surface area (Å²) < 4.78 is 0. The lowest BCUT2D eigenvalue weighted by molar-refractivity contribution is 0.445. The van der Waals surface area contributed by atoms with Gasteiger partial charge in [0, 0.05) is 0 Å². The molecule has 0 heterocycles. The highest BCUT2D eigenvalue weighted by molar-refractivity contribution is 7.58. The Hall–Kier alpha value is -2.52. The molecule has 0 aromatic heterocycles. The zero-order valence-corrected chi connectivity index (χ0v) is 30.8.